The Kier molecular flexibility index (Phi) is 6.80. The third-order valence-corrected chi connectivity index (χ3v) is 4.33. The van der Waals surface area contributed by atoms with Gasteiger partial charge in [0.25, 0.3) is 0 Å². The Balaban J connectivity index is 1.76. The van der Waals surface area contributed by atoms with Crippen LogP contribution in [-0.4, -0.2) is 43.7 Å². The average Bonchev–Trinajstić information content (AvgIpc) is 2.98. The van der Waals surface area contributed by atoms with E-state index in [2.05, 4.69) is 5.32 Å². The van der Waals surface area contributed by atoms with Crippen molar-refractivity contribution in [3.63, 3.8) is 0 Å². The predicted molar refractivity (Wildman–Crippen MR) is 88.2 cm³/mol. The molecular weight excluding hydrogens is 321 g/mol. The minimum Gasteiger partial charge on any atom is -0.389 e. The highest BCUT2D eigenvalue weighted by Crippen LogP contribution is 2.28. The molecule has 0 spiro atoms. The van der Waals surface area contributed by atoms with Crippen LogP contribution in [0.1, 0.15) is 32.3 Å². The number of nitrogens with one attached hydrogen (secondary N) is 1. The summed E-state index contributed by atoms with van der Waals surface area (Å²) in [4.78, 5) is 0. The van der Waals surface area contributed by atoms with Gasteiger partial charge in [0.1, 0.15) is 5.82 Å². The van der Waals surface area contributed by atoms with E-state index in [1.54, 1.807) is 6.07 Å². The second kappa shape index (κ2) is 8.40. The summed E-state index contributed by atoms with van der Waals surface area (Å²) in [6.07, 6.45) is 1.62. The minimum absolute atomic E-state index is 0.157. The Hall–Kier alpha value is -0.720. The van der Waals surface area contributed by atoms with E-state index in [-0.39, 0.29) is 18.5 Å². The molecule has 0 aliphatic carbocycles. The highest BCUT2D eigenvalue weighted by molar-refractivity contribution is 6.31. The maximum atomic E-state index is 13.1. The average molecular weight is 346 g/mol. The van der Waals surface area contributed by atoms with Gasteiger partial charge in [0.15, 0.2) is 0 Å². The van der Waals surface area contributed by atoms with Crippen LogP contribution in [0.25, 0.3) is 0 Å². The summed E-state index contributed by atoms with van der Waals surface area (Å²) in [5, 5.41) is 13.6. The fourth-order valence-electron chi connectivity index (χ4n) is 2.63. The number of hydrogen-bond donors (Lipinski definition) is 2. The van der Waals surface area contributed by atoms with E-state index >= 15 is 0 Å². The lowest BCUT2D eigenvalue weighted by Crippen LogP contribution is -2.42. The fraction of sp³-hybridized carbons (Fsp3) is 0.647. The standard InChI is InChI=1S/C17H25ClFNO3/c1-17(2,15-6-5-12(19)8-16(15)18)20-9-13(21)10-22-11-14-4-3-7-23-14/h5-6,8,13-14,20-21H,3-4,7,9-11H2,1-2H3. The summed E-state index contributed by atoms with van der Waals surface area (Å²) >= 11 is 6.10. The van der Waals surface area contributed by atoms with Crippen LogP contribution in [0.15, 0.2) is 18.2 Å². The largest absolute Gasteiger partial charge is 0.389 e. The lowest BCUT2D eigenvalue weighted by atomic mass is 9.94. The molecule has 4 nitrogen and oxygen atoms in total. The van der Waals surface area contributed by atoms with Gasteiger partial charge in [-0.25, -0.2) is 4.39 Å². The first kappa shape index (κ1) is 18.6. The molecule has 2 rings (SSSR count). The third kappa shape index (κ3) is 5.69. The molecule has 1 aliphatic heterocycles. The Bertz CT molecular complexity index is 507. The third-order valence-electron chi connectivity index (χ3n) is 4.02. The van der Waals surface area contributed by atoms with Crippen molar-refractivity contribution in [2.75, 3.05) is 26.4 Å². The van der Waals surface area contributed by atoms with Gasteiger partial charge in [-0.2, -0.15) is 0 Å². The molecular formula is C17H25ClFNO3. The van der Waals surface area contributed by atoms with Crippen LogP contribution in [0.3, 0.4) is 0 Å². The van der Waals surface area contributed by atoms with Crippen molar-refractivity contribution in [2.24, 2.45) is 0 Å². The molecule has 6 heteroatoms. The van der Waals surface area contributed by atoms with Gasteiger partial charge in [-0.1, -0.05) is 17.7 Å². The maximum absolute atomic E-state index is 13.1. The topological polar surface area (TPSA) is 50.7 Å². The molecule has 23 heavy (non-hydrogen) atoms. The summed E-state index contributed by atoms with van der Waals surface area (Å²) in [7, 11) is 0. The van der Waals surface area contributed by atoms with E-state index < -0.39 is 11.6 Å². The number of aliphatic hydroxyl groups excluding tert-OH is 1. The second-order valence-corrected chi connectivity index (χ2v) is 6.86. The van der Waals surface area contributed by atoms with E-state index in [9.17, 15) is 9.50 Å². The molecule has 1 fully saturated rings. The minimum atomic E-state index is -0.630. The van der Waals surface area contributed by atoms with E-state index in [0.717, 1.165) is 25.0 Å². The van der Waals surface area contributed by atoms with Gasteiger partial charge in [0.2, 0.25) is 0 Å². The molecule has 0 amide bonds. The molecule has 1 saturated heterocycles. The van der Waals surface area contributed by atoms with E-state index in [1.165, 1.54) is 12.1 Å². The van der Waals surface area contributed by atoms with Crippen LogP contribution in [-0.2, 0) is 15.0 Å². The highest BCUT2D eigenvalue weighted by Gasteiger charge is 2.24. The molecule has 1 aliphatic rings. The molecule has 2 atom stereocenters. The highest BCUT2D eigenvalue weighted by atomic mass is 35.5. The lowest BCUT2D eigenvalue weighted by Gasteiger charge is -2.29. The zero-order valence-electron chi connectivity index (χ0n) is 13.6. The lowest BCUT2D eigenvalue weighted by molar-refractivity contribution is -0.0177. The van der Waals surface area contributed by atoms with E-state index in [0.29, 0.717) is 18.2 Å². The number of halogens is 2. The Morgan fingerprint density at radius 3 is 2.96 bits per heavy atom. The van der Waals surface area contributed by atoms with Crippen molar-refractivity contribution in [1.29, 1.82) is 0 Å². The molecule has 0 radical (unpaired) electrons. The van der Waals surface area contributed by atoms with Crippen LogP contribution in [0.5, 0.6) is 0 Å². The Morgan fingerprint density at radius 2 is 2.30 bits per heavy atom. The first-order valence-corrected chi connectivity index (χ1v) is 8.34. The van der Waals surface area contributed by atoms with Crippen molar-refractivity contribution >= 4 is 11.6 Å². The molecule has 0 saturated carbocycles. The normalized spacial score (nSPS) is 20.0. The van der Waals surface area contributed by atoms with E-state index in [1.807, 2.05) is 13.8 Å². The van der Waals surface area contributed by atoms with Crippen LogP contribution < -0.4 is 5.32 Å². The summed E-state index contributed by atoms with van der Waals surface area (Å²) in [5.74, 6) is -0.364. The van der Waals surface area contributed by atoms with Crippen LogP contribution >= 0.6 is 11.6 Å². The van der Waals surface area contributed by atoms with Gasteiger partial charge >= 0.3 is 0 Å². The second-order valence-electron chi connectivity index (χ2n) is 6.46. The summed E-state index contributed by atoms with van der Waals surface area (Å²) in [6.45, 7) is 5.79. The molecule has 1 aromatic carbocycles. The molecule has 2 unspecified atom stereocenters. The van der Waals surface area contributed by atoms with Gasteiger partial charge in [-0.15, -0.1) is 0 Å². The zero-order chi connectivity index (χ0) is 16.9. The predicted octanol–water partition coefficient (Wildman–Crippen LogP) is 2.86. The SMILES string of the molecule is CC(C)(NCC(O)COCC1CCCO1)c1ccc(F)cc1Cl. The monoisotopic (exact) mass is 345 g/mol. The first-order valence-electron chi connectivity index (χ1n) is 7.96. The van der Waals surface area contributed by atoms with Gasteiger partial charge in [0, 0.05) is 23.7 Å². The number of rotatable bonds is 8. The number of benzene rings is 1. The number of aliphatic hydroxyl groups is 1. The van der Waals surface area contributed by atoms with Crippen molar-refractivity contribution < 1.29 is 19.0 Å². The van der Waals surface area contributed by atoms with E-state index in [4.69, 9.17) is 21.1 Å². The molecule has 2 N–H and O–H groups in total. The van der Waals surface area contributed by atoms with Crippen molar-refractivity contribution in [2.45, 2.75) is 44.4 Å². The van der Waals surface area contributed by atoms with Crippen LogP contribution in [0.2, 0.25) is 5.02 Å². The first-order chi connectivity index (χ1) is 10.9. The van der Waals surface area contributed by atoms with Crippen LogP contribution in [0.4, 0.5) is 4.39 Å². The molecule has 130 valence electrons. The van der Waals surface area contributed by atoms with Gasteiger partial charge in [-0.3, -0.25) is 0 Å². The van der Waals surface area contributed by atoms with Crippen molar-refractivity contribution in [1.82, 2.24) is 5.32 Å². The van der Waals surface area contributed by atoms with Crippen LogP contribution in [0, 0.1) is 5.82 Å². The van der Waals surface area contributed by atoms with Gasteiger partial charge in [0.05, 0.1) is 25.4 Å². The summed E-state index contributed by atoms with van der Waals surface area (Å²) < 4.78 is 24.1. The fourth-order valence-corrected chi connectivity index (χ4v) is 3.04. The van der Waals surface area contributed by atoms with Crippen molar-refractivity contribution in [3.8, 4) is 0 Å². The molecule has 1 aromatic rings. The van der Waals surface area contributed by atoms with Gasteiger partial charge in [-0.05, 0) is 44.4 Å². The summed E-state index contributed by atoms with van der Waals surface area (Å²) in [5.41, 5.74) is 0.299. The Labute approximate surface area is 141 Å². The molecule has 0 aromatic heterocycles. The zero-order valence-corrected chi connectivity index (χ0v) is 14.4. The molecule has 0 bridgehead atoms. The smallest absolute Gasteiger partial charge is 0.124 e. The van der Waals surface area contributed by atoms with Gasteiger partial charge < -0.3 is 19.9 Å². The quantitative estimate of drug-likeness (QED) is 0.760. The maximum Gasteiger partial charge on any atom is 0.124 e. The Morgan fingerprint density at radius 1 is 1.52 bits per heavy atom. The number of hydrogen-bond acceptors (Lipinski definition) is 4. The summed E-state index contributed by atoms with van der Waals surface area (Å²) in [6, 6.07) is 4.33. The molecule has 1 heterocycles. The van der Waals surface area contributed by atoms with Crippen molar-refractivity contribution in [3.05, 3.63) is 34.6 Å². The number of ether oxygens (including phenoxy) is 2.